The number of hydrogen-bond acceptors (Lipinski definition) is 4. The highest BCUT2D eigenvalue weighted by molar-refractivity contribution is 6.36. The topological polar surface area (TPSA) is 58.6 Å². The zero-order valence-electron chi connectivity index (χ0n) is 16.9. The highest BCUT2D eigenvalue weighted by Gasteiger charge is 2.38. The Morgan fingerprint density at radius 2 is 1.79 bits per heavy atom. The van der Waals surface area contributed by atoms with Crippen molar-refractivity contribution in [3.63, 3.8) is 0 Å². The fraction of sp³-hybridized carbons (Fsp3) is 0.304. The van der Waals surface area contributed by atoms with Gasteiger partial charge in [0.15, 0.2) is 0 Å². The Kier molecular flexibility index (Phi) is 6.44. The lowest BCUT2D eigenvalue weighted by Gasteiger charge is -2.16. The van der Waals surface area contributed by atoms with Crippen molar-refractivity contribution in [3.8, 4) is 0 Å². The Labute approximate surface area is 170 Å². The summed E-state index contributed by atoms with van der Waals surface area (Å²) in [5, 5.41) is 3.11. The van der Waals surface area contributed by atoms with Crippen LogP contribution in [0.25, 0.3) is 5.57 Å². The minimum atomic E-state index is -0.401. The normalized spacial score (nSPS) is 14.3. The molecule has 0 aromatic heterocycles. The van der Waals surface area contributed by atoms with Crippen LogP contribution in [0.15, 0.2) is 54.2 Å². The second-order valence-corrected chi connectivity index (χ2v) is 7.29. The molecule has 1 aliphatic rings. The number of carbonyl (C=O) groups excluding carboxylic acids is 2. The van der Waals surface area contributed by atoms with Crippen LogP contribution in [0.4, 0.5) is 10.1 Å². The van der Waals surface area contributed by atoms with Gasteiger partial charge in [-0.1, -0.05) is 24.3 Å². The average molecular weight is 396 g/mol. The molecular weight excluding hydrogens is 371 g/mol. The van der Waals surface area contributed by atoms with Crippen molar-refractivity contribution >= 4 is 23.1 Å². The molecule has 6 heteroatoms. The molecule has 0 radical (unpaired) electrons. The Hall–Kier alpha value is -2.99. The summed E-state index contributed by atoms with van der Waals surface area (Å²) in [7, 11) is 0. The van der Waals surface area contributed by atoms with E-state index in [0.717, 1.165) is 5.56 Å². The van der Waals surface area contributed by atoms with Crippen LogP contribution in [0.2, 0.25) is 0 Å². The van der Waals surface area contributed by atoms with Gasteiger partial charge in [-0.25, -0.2) is 4.39 Å². The molecular formula is C23H25FN2O3. The number of benzene rings is 2. The summed E-state index contributed by atoms with van der Waals surface area (Å²) < 4.78 is 18.9. The summed E-state index contributed by atoms with van der Waals surface area (Å²) in [6, 6.07) is 13.1. The van der Waals surface area contributed by atoms with Crippen molar-refractivity contribution in [2.24, 2.45) is 0 Å². The Morgan fingerprint density at radius 3 is 2.45 bits per heavy atom. The molecule has 1 N–H and O–H groups in total. The third kappa shape index (κ3) is 4.90. The summed E-state index contributed by atoms with van der Waals surface area (Å²) in [4.78, 5) is 27.3. The largest absolute Gasteiger partial charge is 0.379 e. The zero-order chi connectivity index (χ0) is 21.0. The van der Waals surface area contributed by atoms with E-state index in [-0.39, 0.29) is 35.7 Å². The fourth-order valence-corrected chi connectivity index (χ4v) is 3.19. The number of aryl methyl sites for hydroxylation is 1. The molecule has 5 nitrogen and oxygen atoms in total. The van der Waals surface area contributed by atoms with E-state index >= 15 is 0 Å². The first kappa shape index (κ1) is 20.7. The number of anilines is 1. The maximum atomic E-state index is 13.4. The molecule has 0 bridgehead atoms. The molecule has 0 atom stereocenters. The van der Waals surface area contributed by atoms with Gasteiger partial charge < -0.3 is 10.1 Å². The van der Waals surface area contributed by atoms with Gasteiger partial charge in [0.2, 0.25) is 0 Å². The van der Waals surface area contributed by atoms with Gasteiger partial charge in [-0.3, -0.25) is 14.5 Å². The Bertz CT molecular complexity index is 935. The Balaban J connectivity index is 1.90. The van der Waals surface area contributed by atoms with Crippen molar-refractivity contribution in [1.29, 1.82) is 0 Å². The minimum Gasteiger partial charge on any atom is -0.379 e. The molecule has 2 amide bonds. The molecule has 0 unspecified atom stereocenters. The second kappa shape index (κ2) is 9.01. The molecule has 29 heavy (non-hydrogen) atoms. The predicted molar refractivity (Wildman–Crippen MR) is 111 cm³/mol. The lowest BCUT2D eigenvalue weighted by Crippen LogP contribution is -2.34. The highest BCUT2D eigenvalue weighted by Crippen LogP contribution is 2.31. The monoisotopic (exact) mass is 396 g/mol. The lowest BCUT2D eigenvalue weighted by atomic mass is 10.0. The molecule has 0 aliphatic carbocycles. The summed E-state index contributed by atoms with van der Waals surface area (Å²) in [6.07, 6.45) is 0.635. The number of ether oxygens (including phenoxy) is 1. The molecule has 1 heterocycles. The van der Waals surface area contributed by atoms with Crippen LogP contribution in [0.5, 0.6) is 0 Å². The smallest absolute Gasteiger partial charge is 0.278 e. The number of imide groups is 1. The molecule has 0 spiro atoms. The summed E-state index contributed by atoms with van der Waals surface area (Å²) in [5.74, 6) is -1.18. The number of amides is 2. The molecule has 0 saturated carbocycles. The molecule has 3 rings (SSSR count). The molecule has 152 valence electrons. The third-order valence-corrected chi connectivity index (χ3v) is 4.57. The van der Waals surface area contributed by atoms with E-state index in [9.17, 15) is 14.0 Å². The van der Waals surface area contributed by atoms with Crippen LogP contribution >= 0.6 is 0 Å². The first-order valence-corrected chi connectivity index (χ1v) is 9.68. The van der Waals surface area contributed by atoms with Gasteiger partial charge in [0.25, 0.3) is 11.8 Å². The average Bonchev–Trinajstić information content (AvgIpc) is 2.90. The van der Waals surface area contributed by atoms with Crippen LogP contribution in [0.3, 0.4) is 0 Å². The van der Waals surface area contributed by atoms with Crippen LogP contribution in [-0.2, 0) is 14.3 Å². The van der Waals surface area contributed by atoms with Crippen LogP contribution < -0.4 is 5.32 Å². The minimum absolute atomic E-state index is 0.0893. The number of nitrogens with zero attached hydrogens (tertiary/aromatic N) is 1. The highest BCUT2D eigenvalue weighted by atomic mass is 19.1. The van der Waals surface area contributed by atoms with Gasteiger partial charge in [0, 0.05) is 18.8 Å². The van der Waals surface area contributed by atoms with Crippen molar-refractivity contribution in [3.05, 3.63) is 71.2 Å². The SMILES string of the molecule is Cc1cccc(NC2=C(c3ccc(F)cc3)C(=O)N(CCCOC(C)C)C2=O)c1. The quantitative estimate of drug-likeness (QED) is 0.538. The molecule has 2 aromatic carbocycles. The number of hydrogen-bond donors (Lipinski definition) is 1. The fourth-order valence-electron chi connectivity index (χ4n) is 3.19. The van der Waals surface area contributed by atoms with E-state index in [1.807, 2.05) is 45.0 Å². The van der Waals surface area contributed by atoms with E-state index < -0.39 is 5.82 Å². The van der Waals surface area contributed by atoms with Gasteiger partial charge in [-0.05, 0) is 62.6 Å². The van der Waals surface area contributed by atoms with Crippen molar-refractivity contribution in [1.82, 2.24) is 4.90 Å². The molecule has 2 aromatic rings. The number of nitrogens with one attached hydrogen (secondary N) is 1. The van der Waals surface area contributed by atoms with E-state index in [1.165, 1.54) is 29.2 Å². The first-order chi connectivity index (χ1) is 13.9. The summed E-state index contributed by atoms with van der Waals surface area (Å²) in [6.45, 7) is 6.53. The van der Waals surface area contributed by atoms with Crippen LogP contribution in [-0.4, -0.2) is 36.0 Å². The van der Waals surface area contributed by atoms with Crippen molar-refractivity contribution in [2.45, 2.75) is 33.3 Å². The van der Waals surface area contributed by atoms with E-state index in [0.29, 0.717) is 24.3 Å². The zero-order valence-corrected chi connectivity index (χ0v) is 16.9. The van der Waals surface area contributed by atoms with Crippen LogP contribution in [0.1, 0.15) is 31.4 Å². The molecule has 0 saturated heterocycles. The van der Waals surface area contributed by atoms with E-state index in [2.05, 4.69) is 5.32 Å². The lowest BCUT2D eigenvalue weighted by molar-refractivity contribution is -0.137. The molecule has 1 aliphatic heterocycles. The van der Waals surface area contributed by atoms with Gasteiger partial charge in [0.1, 0.15) is 11.5 Å². The standard InChI is InChI=1S/C23H25FN2O3/c1-15(2)29-13-5-12-26-22(27)20(17-8-10-18(24)11-9-17)21(23(26)28)25-19-7-4-6-16(3)14-19/h4,6-11,14-15,25H,5,12-13H2,1-3H3. The number of carbonyl (C=O) groups is 2. The maximum absolute atomic E-state index is 13.4. The van der Waals surface area contributed by atoms with E-state index in [4.69, 9.17) is 4.74 Å². The third-order valence-electron chi connectivity index (χ3n) is 4.57. The van der Waals surface area contributed by atoms with E-state index in [1.54, 1.807) is 0 Å². The van der Waals surface area contributed by atoms with Crippen LogP contribution in [0, 0.1) is 12.7 Å². The van der Waals surface area contributed by atoms with Gasteiger partial charge in [0.05, 0.1) is 11.7 Å². The number of rotatable bonds is 8. The molecule has 0 fully saturated rings. The van der Waals surface area contributed by atoms with Gasteiger partial charge in [-0.15, -0.1) is 0 Å². The van der Waals surface area contributed by atoms with Gasteiger partial charge in [-0.2, -0.15) is 0 Å². The maximum Gasteiger partial charge on any atom is 0.278 e. The number of halogens is 1. The Morgan fingerprint density at radius 1 is 1.07 bits per heavy atom. The van der Waals surface area contributed by atoms with Crippen molar-refractivity contribution < 1.29 is 18.7 Å². The second-order valence-electron chi connectivity index (χ2n) is 7.29. The summed E-state index contributed by atoms with van der Waals surface area (Å²) >= 11 is 0. The van der Waals surface area contributed by atoms with Crippen molar-refractivity contribution in [2.75, 3.05) is 18.5 Å². The first-order valence-electron chi connectivity index (χ1n) is 9.68. The summed E-state index contributed by atoms with van der Waals surface area (Å²) in [5.41, 5.74) is 2.70. The van der Waals surface area contributed by atoms with Gasteiger partial charge >= 0.3 is 0 Å². The predicted octanol–water partition coefficient (Wildman–Crippen LogP) is 4.14.